The van der Waals surface area contributed by atoms with Crippen LogP contribution in [0.1, 0.15) is 44.4 Å². The number of benzene rings is 1. The normalized spacial score (nSPS) is 21.3. The summed E-state index contributed by atoms with van der Waals surface area (Å²) in [5, 5.41) is 0. The van der Waals surface area contributed by atoms with Gasteiger partial charge in [-0.2, -0.15) is 0 Å². The van der Waals surface area contributed by atoms with Gasteiger partial charge in [0, 0.05) is 0 Å². The number of aryl methyl sites for hydroxylation is 2. The monoisotopic (exact) mass is 258 g/mol. The molecule has 2 rings (SSSR count). The first kappa shape index (κ1) is 14.4. The van der Waals surface area contributed by atoms with Gasteiger partial charge in [0.15, 0.2) is 0 Å². The Balaban J connectivity index is 2.18. The zero-order valence-electron chi connectivity index (χ0n) is 12.8. The molecular formula is C16H23BO2. The van der Waals surface area contributed by atoms with Crippen molar-refractivity contribution < 1.29 is 9.31 Å². The molecule has 102 valence electrons. The van der Waals surface area contributed by atoms with Crippen LogP contribution in [0.15, 0.2) is 24.2 Å². The fraction of sp³-hybridized carbons (Fsp3) is 0.500. The van der Waals surface area contributed by atoms with Crippen LogP contribution in [0.25, 0.3) is 6.08 Å². The van der Waals surface area contributed by atoms with E-state index in [2.05, 4.69) is 65.8 Å². The van der Waals surface area contributed by atoms with Gasteiger partial charge < -0.3 is 9.31 Å². The summed E-state index contributed by atoms with van der Waals surface area (Å²) in [4.78, 5) is 0. The first-order chi connectivity index (χ1) is 8.73. The van der Waals surface area contributed by atoms with Crippen LogP contribution in [-0.4, -0.2) is 18.3 Å². The molecule has 0 spiro atoms. The van der Waals surface area contributed by atoms with E-state index in [0.29, 0.717) is 0 Å². The van der Waals surface area contributed by atoms with Crippen LogP contribution >= 0.6 is 0 Å². The predicted molar refractivity (Wildman–Crippen MR) is 81.0 cm³/mol. The Kier molecular flexibility index (Phi) is 3.63. The van der Waals surface area contributed by atoms with Gasteiger partial charge in [-0.05, 0) is 58.2 Å². The van der Waals surface area contributed by atoms with Crippen LogP contribution in [0, 0.1) is 13.8 Å². The van der Waals surface area contributed by atoms with E-state index in [9.17, 15) is 0 Å². The Bertz CT molecular complexity index is 467. The lowest BCUT2D eigenvalue weighted by molar-refractivity contribution is 0.00578. The Hall–Kier alpha value is -1.06. The van der Waals surface area contributed by atoms with Crippen LogP contribution in [-0.2, 0) is 9.31 Å². The second kappa shape index (κ2) is 4.80. The second-order valence-electron chi connectivity index (χ2n) is 6.29. The van der Waals surface area contributed by atoms with Gasteiger partial charge in [0.05, 0.1) is 11.2 Å². The summed E-state index contributed by atoms with van der Waals surface area (Å²) >= 11 is 0. The number of hydrogen-bond donors (Lipinski definition) is 0. The molecule has 3 heteroatoms. The largest absolute Gasteiger partial charge is 0.487 e. The zero-order chi connectivity index (χ0) is 14.3. The lowest BCUT2D eigenvalue weighted by Crippen LogP contribution is -2.41. The summed E-state index contributed by atoms with van der Waals surface area (Å²) in [6.45, 7) is 12.5. The SMILES string of the molecule is Cc1cccc(C)c1C=CB1OC(C)(C)C(C)(C)O1. The van der Waals surface area contributed by atoms with Gasteiger partial charge in [-0.3, -0.25) is 0 Å². The van der Waals surface area contributed by atoms with Crippen LogP contribution < -0.4 is 0 Å². The van der Waals surface area contributed by atoms with Crippen molar-refractivity contribution in [2.75, 3.05) is 0 Å². The highest BCUT2D eigenvalue weighted by Crippen LogP contribution is 2.37. The van der Waals surface area contributed by atoms with Crippen molar-refractivity contribution >= 4 is 13.2 Å². The summed E-state index contributed by atoms with van der Waals surface area (Å²) in [6, 6.07) is 6.32. The van der Waals surface area contributed by atoms with Crippen LogP contribution in [0.2, 0.25) is 0 Å². The third-order valence-corrected chi connectivity index (χ3v) is 4.23. The average molecular weight is 258 g/mol. The molecule has 1 aromatic carbocycles. The van der Waals surface area contributed by atoms with E-state index >= 15 is 0 Å². The molecule has 0 bridgehead atoms. The first-order valence-electron chi connectivity index (χ1n) is 6.83. The maximum atomic E-state index is 5.96. The number of hydrogen-bond acceptors (Lipinski definition) is 2. The highest BCUT2D eigenvalue weighted by molar-refractivity contribution is 6.52. The summed E-state index contributed by atoms with van der Waals surface area (Å²) in [5.74, 6) is 2.01. The van der Waals surface area contributed by atoms with Crippen LogP contribution in [0.4, 0.5) is 0 Å². The molecule has 0 unspecified atom stereocenters. The third kappa shape index (κ3) is 2.77. The van der Waals surface area contributed by atoms with Gasteiger partial charge in [0.25, 0.3) is 0 Å². The molecule has 1 heterocycles. The van der Waals surface area contributed by atoms with E-state index in [0.717, 1.165) is 0 Å². The lowest BCUT2D eigenvalue weighted by atomic mass is 9.88. The maximum Gasteiger partial charge on any atom is 0.487 e. The molecule has 1 aliphatic rings. The minimum absolute atomic E-state index is 0.274. The van der Waals surface area contributed by atoms with Gasteiger partial charge in [0.2, 0.25) is 0 Å². The molecular weight excluding hydrogens is 235 g/mol. The Labute approximate surface area is 117 Å². The van der Waals surface area contributed by atoms with E-state index in [1.807, 2.05) is 5.98 Å². The molecule has 0 saturated carbocycles. The van der Waals surface area contributed by atoms with Crippen molar-refractivity contribution in [3.05, 3.63) is 40.9 Å². The number of rotatable bonds is 2. The molecule has 1 saturated heterocycles. The van der Waals surface area contributed by atoms with Crippen LogP contribution in [0.5, 0.6) is 0 Å². The standard InChI is InChI=1S/C16H23BO2/c1-12-8-7-9-13(2)14(12)10-11-17-18-15(3,4)16(5,6)19-17/h7-11H,1-6H3. The first-order valence-corrected chi connectivity index (χ1v) is 6.83. The molecule has 0 radical (unpaired) electrons. The highest BCUT2D eigenvalue weighted by atomic mass is 16.7. The summed E-state index contributed by atoms with van der Waals surface area (Å²) in [5.41, 5.74) is 3.24. The maximum absolute atomic E-state index is 5.96. The molecule has 0 N–H and O–H groups in total. The van der Waals surface area contributed by atoms with Crippen molar-refractivity contribution in [2.45, 2.75) is 52.7 Å². The molecule has 0 aromatic heterocycles. The van der Waals surface area contributed by atoms with Gasteiger partial charge in [-0.25, -0.2) is 0 Å². The van der Waals surface area contributed by atoms with Crippen molar-refractivity contribution in [1.82, 2.24) is 0 Å². The van der Waals surface area contributed by atoms with E-state index < -0.39 is 0 Å². The summed E-state index contributed by atoms with van der Waals surface area (Å²) in [7, 11) is -0.274. The molecule has 0 aliphatic carbocycles. The second-order valence-corrected chi connectivity index (χ2v) is 6.29. The fourth-order valence-electron chi connectivity index (χ4n) is 2.23. The topological polar surface area (TPSA) is 18.5 Å². The van der Waals surface area contributed by atoms with Crippen molar-refractivity contribution in [1.29, 1.82) is 0 Å². The van der Waals surface area contributed by atoms with Gasteiger partial charge >= 0.3 is 7.12 Å². The Morgan fingerprint density at radius 2 is 1.42 bits per heavy atom. The quantitative estimate of drug-likeness (QED) is 0.748. The van der Waals surface area contributed by atoms with Crippen LogP contribution in [0.3, 0.4) is 0 Å². The van der Waals surface area contributed by atoms with Crippen molar-refractivity contribution in [3.8, 4) is 0 Å². The smallest absolute Gasteiger partial charge is 0.400 e. The Morgan fingerprint density at radius 1 is 0.947 bits per heavy atom. The van der Waals surface area contributed by atoms with Gasteiger partial charge in [-0.15, -0.1) is 0 Å². The van der Waals surface area contributed by atoms with Gasteiger partial charge in [0.1, 0.15) is 0 Å². The molecule has 0 amide bonds. The molecule has 19 heavy (non-hydrogen) atoms. The van der Waals surface area contributed by atoms with E-state index in [-0.39, 0.29) is 18.3 Å². The highest BCUT2D eigenvalue weighted by Gasteiger charge is 2.49. The Morgan fingerprint density at radius 3 is 1.89 bits per heavy atom. The molecule has 0 atom stereocenters. The predicted octanol–water partition coefficient (Wildman–Crippen LogP) is 3.95. The van der Waals surface area contributed by atoms with Gasteiger partial charge in [-0.1, -0.05) is 30.3 Å². The zero-order valence-corrected chi connectivity index (χ0v) is 12.8. The average Bonchev–Trinajstić information content (AvgIpc) is 2.46. The van der Waals surface area contributed by atoms with Crippen molar-refractivity contribution in [2.24, 2.45) is 0 Å². The van der Waals surface area contributed by atoms with E-state index in [1.54, 1.807) is 0 Å². The minimum atomic E-state index is -0.275. The summed E-state index contributed by atoms with van der Waals surface area (Å²) in [6.07, 6.45) is 2.10. The molecule has 1 aliphatic heterocycles. The molecule has 1 fully saturated rings. The minimum Gasteiger partial charge on any atom is -0.400 e. The fourth-order valence-corrected chi connectivity index (χ4v) is 2.23. The lowest BCUT2D eigenvalue weighted by Gasteiger charge is -2.32. The van der Waals surface area contributed by atoms with E-state index in [4.69, 9.17) is 9.31 Å². The molecule has 1 aromatic rings. The molecule has 2 nitrogen and oxygen atoms in total. The van der Waals surface area contributed by atoms with Crippen molar-refractivity contribution in [3.63, 3.8) is 0 Å². The third-order valence-electron chi connectivity index (χ3n) is 4.23. The summed E-state index contributed by atoms with van der Waals surface area (Å²) < 4.78 is 11.9. The van der Waals surface area contributed by atoms with E-state index in [1.165, 1.54) is 16.7 Å².